The molecule has 7 nitrogen and oxygen atoms in total. The molecule has 0 saturated heterocycles. The number of nitrogens with two attached hydrogens (primary N) is 1. The molecule has 0 aliphatic heterocycles. The molecule has 2 atom stereocenters. The van der Waals surface area contributed by atoms with Crippen molar-refractivity contribution in [2.75, 3.05) is 10.6 Å². The first-order valence-electron chi connectivity index (χ1n) is 9.77. The van der Waals surface area contributed by atoms with E-state index in [9.17, 15) is 26.7 Å². The second-order valence-electron chi connectivity index (χ2n) is 7.57. The highest BCUT2D eigenvalue weighted by molar-refractivity contribution is 6.04. The number of anilines is 2. The molecule has 1 saturated carbocycles. The van der Waals surface area contributed by atoms with Crippen LogP contribution in [0.15, 0.2) is 42.9 Å². The number of rotatable bonds is 4. The van der Waals surface area contributed by atoms with E-state index in [1.165, 1.54) is 29.2 Å². The average Bonchev–Trinajstić information content (AvgIpc) is 3.15. The minimum Gasteiger partial charge on any atom is -0.380 e. The van der Waals surface area contributed by atoms with Crippen molar-refractivity contribution in [3.63, 3.8) is 0 Å². The second-order valence-corrected chi connectivity index (χ2v) is 7.57. The van der Waals surface area contributed by atoms with Gasteiger partial charge in [-0.3, -0.25) is 4.79 Å². The van der Waals surface area contributed by atoms with Crippen molar-refractivity contribution in [3.05, 3.63) is 54.1 Å². The van der Waals surface area contributed by atoms with Crippen LogP contribution in [0.4, 0.5) is 33.3 Å². The fourth-order valence-electron chi connectivity index (χ4n) is 3.86. The Bertz CT molecular complexity index is 1140. The summed E-state index contributed by atoms with van der Waals surface area (Å²) < 4.78 is 71.1. The monoisotopic (exact) mass is 454 g/mol. The Balaban J connectivity index is 1.66. The van der Waals surface area contributed by atoms with Gasteiger partial charge in [0.1, 0.15) is 17.6 Å². The molecule has 1 aromatic carbocycles. The van der Waals surface area contributed by atoms with E-state index in [4.69, 9.17) is 5.73 Å². The average molecular weight is 454 g/mol. The summed E-state index contributed by atoms with van der Waals surface area (Å²) in [6, 6.07) is 3.75. The number of aromatic nitrogens is 3. The first-order valence-corrected chi connectivity index (χ1v) is 9.77. The predicted octanol–water partition coefficient (Wildman–Crippen LogP) is 3.93. The van der Waals surface area contributed by atoms with E-state index in [-0.39, 0.29) is 18.5 Å². The molecule has 2 heterocycles. The topological polar surface area (TPSA) is 97.3 Å². The lowest BCUT2D eigenvalue weighted by molar-refractivity contribution is -0.136. The molecule has 2 aromatic heterocycles. The zero-order valence-electron chi connectivity index (χ0n) is 16.5. The smallest absolute Gasteiger partial charge is 0.380 e. The van der Waals surface area contributed by atoms with Crippen LogP contribution in [-0.2, 0) is 6.18 Å². The maximum atomic E-state index is 14.0. The largest absolute Gasteiger partial charge is 0.420 e. The molecular weight excluding hydrogens is 435 g/mol. The molecule has 0 bridgehead atoms. The van der Waals surface area contributed by atoms with Gasteiger partial charge in [-0.15, -0.1) is 0 Å². The molecule has 0 radical (unpaired) electrons. The third kappa shape index (κ3) is 4.09. The second kappa shape index (κ2) is 8.01. The minimum atomic E-state index is -4.88. The summed E-state index contributed by atoms with van der Waals surface area (Å²) in [6.07, 6.45) is -2.34. The summed E-state index contributed by atoms with van der Waals surface area (Å²) in [6.45, 7) is 0. The number of hydrogen-bond donors (Lipinski definition) is 3. The van der Waals surface area contributed by atoms with Crippen LogP contribution in [0.25, 0.3) is 5.52 Å². The molecule has 0 unspecified atom stereocenters. The molecule has 3 aromatic rings. The van der Waals surface area contributed by atoms with E-state index in [0.717, 1.165) is 12.1 Å². The molecule has 1 amide bonds. The van der Waals surface area contributed by atoms with Crippen LogP contribution < -0.4 is 16.4 Å². The number of alkyl halides is 5. The lowest BCUT2D eigenvalue weighted by Crippen LogP contribution is -2.55. The van der Waals surface area contributed by atoms with Gasteiger partial charge in [-0.1, -0.05) is 6.07 Å². The maximum Gasteiger partial charge on any atom is 0.420 e. The van der Waals surface area contributed by atoms with Crippen molar-refractivity contribution in [2.45, 2.75) is 43.4 Å². The summed E-state index contributed by atoms with van der Waals surface area (Å²) in [5.41, 5.74) is 3.98. The Hall–Kier alpha value is -3.28. The van der Waals surface area contributed by atoms with E-state index < -0.39 is 53.4 Å². The molecule has 4 rings (SSSR count). The van der Waals surface area contributed by atoms with Gasteiger partial charge < -0.3 is 16.4 Å². The number of nitrogens with one attached hydrogen (secondary N) is 2. The highest BCUT2D eigenvalue weighted by Gasteiger charge is 2.45. The Morgan fingerprint density at radius 3 is 2.69 bits per heavy atom. The van der Waals surface area contributed by atoms with Gasteiger partial charge in [-0.2, -0.15) is 18.3 Å². The summed E-state index contributed by atoms with van der Waals surface area (Å²) in [4.78, 5) is 16.5. The molecule has 170 valence electrons. The Morgan fingerprint density at radius 1 is 1.19 bits per heavy atom. The van der Waals surface area contributed by atoms with E-state index >= 15 is 0 Å². The number of amides is 1. The van der Waals surface area contributed by atoms with Gasteiger partial charge in [0.25, 0.3) is 11.8 Å². The van der Waals surface area contributed by atoms with Crippen LogP contribution in [0.2, 0.25) is 0 Å². The number of hydrogen-bond acceptors (Lipinski definition) is 5. The standard InChI is InChI=1S/C20H19F5N6O/c21-19(22)8-2-5-14(17(19)26)29-12-3-1-4-13(16(12)20(23,24)25)30-18(32)15-7-6-11-9-27-10-28-31(11)15/h1,3-4,6-7,9-10,14,17,29H,2,5,8,26H2,(H,30,32)/t14-,17-/m1/s1. The van der Waals surface area contributed by atoms with Crippen LogP contribution in [0.1, 0.15) is 35.3 Å². The lowest BCUT2D eigenvalue weighted by Gasteiger charge is -2.37. The van der Waals surface area contributed by atoms with Crippen molar-refractivity contribution >= 4 is 22.8 Å². The first kappa shape index (κ1) is 21.9. The van der Waals surface area contributed by atoms with Gasteiger partial charge in [-0.05, 0) is 37.1 Å². The quantitative estimate of drug-likeness (QED) is 0.519. The van der Waals surface area contributed by atoms with Crippen molar-refractivity contribution in [1.82, 2.24) is 14.6 Å². The fraction of sp³-hybridized carbons (Fsp3) is 0.350. The lowest BCUT2D eigenvalue weighted by atomic mass is 9.87. The number of nitrogens with zero attached hydrogens (tertiary/aromatic N) is 3. The third-order valence-corrected chi connectivity index (χ3v) is 5.44. The zero-order valence-corrected chi connectivity index (χ0v) is 16.5. The molecular formula is C20H19F5N6O. The van der Waals surface area contributed by atoms with Gasteiger partial charge in [0.05, 0.1) is 23.4 Å². The van der Waals surface area contributed by atoms with Crippen LogP contribution in [0.3, 0.4) is 0 Å². The summed E-state index contributed by atoms with van der Waals surface area (Å²) >= 11 is 0. The highest BCUT2D eigenvalue weighted by Crippen LogP contribution is 2.42. The SMILES string of the molecule is N[C@@H]1[C@H](Nc2cccc(NC(=O)c3ccc4cncnn34)c2C(F)(F)F)CCCC1(F)F. The fourth-order valence-corrected chi connectivity index (χ4v) is 3.86. The molecule has 1 aliphatic rings. The Morgan fingerprint density at radius 2 is 1.94 bits per heavy atom. The predicted molar refractivity (Wildman–Crippen MR) is 107 cm³/mol. The van der Waals surface area contributed by atoms with Crippen molar-refractivity contribution in [1.29, 1.82) is 0 Å². The summed E-state index contributed by atoms with van der Waals surface area (Å²) in [7, 11) is 0. The molecule has 4 N–H and O–H groups in total. The van der Waals surface area contributed by atoms with Crippen LogP contribution >= 0.6 is 0 Å². The van der Waals surface area contributed by atoms with Gasteiger partial charge in [0, 0.05) is 18.2 Å². The molecule has 0 spiro atoms. The molecule has 12 heteroatoms. The Labute approximate surface area is 178 Å². The van der Waals surface area contributed by atoms with Crippen LogP contribution in [-0.4, -0.2) is 38.5 Å². The Kier molecular flexibility index (Phi) is 5.49. The maximum absolute atomic E-state index is 14.0. The number of carbonyl (C=O) groups excluding carboxylic acids is 1. The summed E-state index contributed by atoms with van der Waals surface area (Å²) in [5.74, 6) is -4.01. The number of halogens is 5. The number of carbonyl (C=O) groups is 1. The highest BCUT2D eigenvalue weighted by atomic mass is 19.4. The normalized spacial score (nSPS) is 20.8. The van der Waals surface area contributed by atoms with E-state index in [1.54, 1.807) is 6.07 Å². The van der Waals surface area contributed by atoms with E-state index in [2.05, 4.69) is 20.7 Å². The minimum absolute atomic E-state index is 0.00262. The van der Waals surface area contributed by atoms with Gasteiger partial charge in [-0.25, -0.2) is 18.3 Å². The number of benzene rings is 1. The number of fused-ring (bicyclic) bond motifs is 1. The van der Waals surface area contributed by atoms with Crippen molar-refractivity contribution in [2.24, 2.45) is 5.73 Å². The zero-order chi connectivity index (χ0) is 23.1. The van der Waals surface area contributed by atoms with Crippen molar-refractivity contribution < 1.29 is 26.7 Å². The van der Waals surface area contributed by atoms with Crippen LogP contribution in [0.5, 0.6) is 0 Å². The first-order chi connectivity index (χ1) is 15.1. The van der Waals surface area contributed by atoms with E-state index in [1.807, 2.05) is 0 Å². The third-order valence-electron chi connectivity index (χ3n) is 5.44. The van der Waals surface area contributed by atoms with E-state index in [0.29, 0.717) is 5.52 Å². The van der Waals surface area contributed by atoms with Gasteiger partial charge in [0.15, 0.2) is 0 Å². The molecule has 32 heavy (non-hydrogen) atoms. The molecule has 1 fully saturated rings. The van der Waals surface area contributed by atoms with Gasteiger partial charge >= 0.3 is 6.18 Å². The van der Waals surface area contributed by atoms with Gasteiger partial charge in [0.2, 0.25) is 0 Å². The van der Waals surface area contributed by atoms with Crippen LogP contribution in [0, 0.1) is 0 Å². The summed E-state index contributed by atoms with van der Waals surface area (Å²) in [5, 5.41) is 8.71. The van der Waals surface area contributed by atoms with Crippen molar-refractivity contribution in [3.8, 4) is 0 Å². The molecule has 1 aliphatic carbocycles.